The molecule has 0 unspecified atom stereocenters. The summed E-state index contributed by atoms with van der Waals surface area (Å²) in [4.78, 5) is 30.9. The van der Waals surface area contributed by atoms with Gasteiger partial charge in [-0.15, -0.1) is 0 Å². The molecule has 0 atom stereocenters. The highest BCUT2D eigenvalue weighted by Crippen LogP contribution is 2.33. The Morgan fingerprint density at radius 2 is 1.65 bits per heavy atom. The topological polar surface area (TPSA) is 143 Å². The Hall–Kier alpha value is -4.67. The van der Waals surface area contributed by atoms with Crippen molar-refractivity contribution < 1.29 is 45.4 Å². The Labute approximate surface area is 262 Å². The molecule has 1 aliphatic heterocycles. The van der Waals surface area contributed by atoms with Crippen LogP contribution in [0.1, 0.15) is 44.9 Å². The van der Waals surface area contributed by atoms with E-state index < -0.39 is 45.1 Å². The van der Waals surface area contributed by atoms with Crippen LogP contribution in [0.3, 0.4) is 0 Å². The summed E-state index contributed by atoms with van der Waals surface area (Å²) in [5.41, 5.74) is 0.0242. The molecule has 1 saturated heterocycles. The number of aromatic nitrogens is 4. The number of halogens is 3. The van der Waals surface area contributed by atoms with E-state index in [1.54, 1.807) is 50.0 Å². The summed E-state index contributed by atoms with van der Waals surface area (Å²) in [6.07, 6.45) is -4.06. The van der Waals surface area contributed by atoms with Gasteiger partial charge in [0.2, 0.25) is 5.91 Å². The van der Waals surface area contributed by atoms with E-state index >= 15 is 0 Å². The highest BCUT2D eigenvalue weighted by Gasteiger charge is 2.36. The number of piperidine rings is 1. The molecule has 5 rings (SSSR count). The maximum absolute atomic E-state index is 13.5. The van der Waals surface area contributed by atoms with Gasteiger partial charge in [-0.25, -0.2) is 17.8 Å². The smallest absolute Gasteiger partial charge is 0.425 e. The molecule has 46 heavy (non-hydrogen) atoms. The Kier molecular flexibility index (Phi) is 8.72. The number of hydrogen-bond acceptors (Lipinski definition) is 9. The number of nitrogens with one attached hydrogen (secondary N) is 1. The first-order chi connectivity index (χ1) is 21.5. The Morgan fingerprint density at radius 3 is 2.24 bits per heavy atom. The van der Waals surface area contributed by atoms with Crippen molar-refractivity contribution in [1.82, 2.24) is 24.5 Å². The summed E-state index contributed by atoms with van der Waals surface area (Å²) in [5.74, 6) is -1.72. The zero-order valence-corrected chi connectivity index (χ0v) is 26.3. The van der Waals surface area contributed by atoms with Gasteiger partial charge in [-0.1, -0.05) is 29.8 Å². The molecule has 2 aromatic heterocycles. The van der Waals surface area contributed by atoms with Crippen LogP contribution in [0.2, 0.25) is 0 Å². The van der Waals surface area contributed by atoms with E-state index in [2.05, 4.69) is 9.82 Å². The van der Waals surface area contributed by atoms with E-state index in [0.717, 1.165) is 21.3 Å². The van der Waals surface area contributed by atoms with Gasteiger partial charge in [0.1, 0.15) is 5.02 Å². The van der Waals surface area contributed by atoms with Crippen LogP contribution >= 0.6 is 0 Å². The van der Waals surface area contributed by atoms with E-state index in [1.807, 2.05) is 6.92 Å². The predicted molar refractivity (Wildman–Crippen MR) is 156 cm³/mol. The Morgan fingerprint density at radius 1 is 1.02 bits per heavy atom. The van der Waals surface area contributed by atoms with Crippen LogP contribution in [0.5, 0.6) is 0 Å². The zero-order chi connectivity index (χ0) is 33.4. The summed E-state index contributed by atoms with van der Waals surface area (Å²) >= 11 is 0. The van der Waals surface area contributed by atoms with E-state index in [9.17, 15) is 31.2 Å². The van der Waals surface area contributed by atoms with Gasteiger partial charge < -0.3 is 9.57 Å². The average Bonchev–Trinajstić information content (AvgIpc) is 3.61. The lowest BCUT2D eigenvalue weighted by molar-refractivity contribution is -0.168. The van der Waals surface area contributed by atoms with Crippen LogP contribution in [0.4, 0.5) is 13.2 Å². The van der Waals surface area contributed by atoms with Crippen LogP contribution in [0, 0.1) is 18.3 Å². The second kappa shape index (κ2) is 12.3. The fourth-order valence-electron chi connectivity index (χ4n) is 4.60. The van der Waals surface area contributed by atoms with Crippen LogP contribution < -0.4 is 14.6 Å². The van der Waals surface area contributed by atoms with Crippen molar-refractivity contribution in [2.45, 2.75) is 51.6 Å². The number of esters is 1. The third-order valence-corrected chi connectivity index (χ3v) is 8.64. The normalized spacial score (nSPS) is 14.8. The molecule has 1 N–H and O–H groups in total. The van der Waals surface area contributed by atoms with E-state index in [4.69, 9.17) is 14.2 Å². The van der Waals surface area contributed by atoms with E-state index in [0.29, 0.717) is 31.5 Å². The van der Waals surface area contributed by atoms with Crippen molar-refractivity contribution in [3.05, 3.63) is 65.9 Å². The van der Waals surface area contributed by atoms with Crippen molar-refractivity contribution in [3.8, 4) is 16.9 Å². The maximum Gasteiger partial charge on any atom is 0.435 e. The monoisotopic (exact) mass is 666 g/mol. The fourth-order valence-corrected chi connectivity index (χ4v) is 5.65. The van der Waals surface area contributed by atoms with Gasteiger partial charge in [0.15, 0.2) is 5.69 Å². The molecule has 1 aliphatic rings. The summed E-state index contributed by atoms with van der Waals surface area (Å²) < 4.78 is 80.0. The van der Waals surface area contributed by atoms with Gasteiger partial charge in [0, 0.05) is 29.5 Å². The number of benzene rings is 2. The molecular weight excluding hydrogens is 633 g/mol. The van der Waals surface area contributed by atoms with Gasteiger partial charge >= 0.3 is 12.1 Å². The number of sulfonamides is 1. The Balaban J connectivity index is 1.19. The highest BCUT2D eigenvalue weighted by molar-refractivity contribution is 7.90. The van der Waals surface area contributed by atoms with E-state index in [-0.39, 0.29) is 23.1 Å². The van der Waals surface area contributed by atoms with Gasteiger partial charge in [0.25, 0.3) is 16.8 Å². The molecule has 0 spiro atoms. The number of aryl methyl sites for hydroxylation is 1. The molecule has 4 aromatic rings. The molecule has 0 bridgehead atoms. The molecule has 0 aliphatic carbocycles. The quantitative estimate of drug-likeness (QED) is 0.208. The Bertz CT molecular complexity index is 1790. The first-order valence-corrected chi connectivity index (χ1v) is 15.8. The molecule has 13 nitrogen and oxygen atoms in total. The van der Waals surface area contributed by atoms with Crippen LogP contribution in [-0.4, -0.2) is 59.9 Å². The molecule has 17 heteroatoms. The van der Waals surface area contributed by atoms with Crippen molar-refractivity contribution in [2.75, 3.05) is 24.9 Å². The first kappa shape index (κ1) is 32.7. The molecule has 248 valence electrons. The number of amides is 1. The minimum Gasteiger partial charge on any atom is -0.425 e. The lowest BCUT2D eigenvalue weighted by atomic mass is 9.97. The second-order valence-electron chi connectivity index (χ2n) is 11.9. The van der Waals surface area contributed by atoms with Gasteiger partial charge in [-0.05, 0) is 70.9 Å². The summed E-state index contributed by atoms with van der Waals surface area (Å²) in [6, 6.07) is 12.9. The third kappa shape index (κ3) is 7.41. The molecule has 1 fully saturated rings. The third-order valence-electron chi connectivity index (χ3n) is 7.28. The van der Waals surface area contributed by atoms with E-state index in [1.165, 1.54) is 29.2 Å². The molecule has 3 heterocycles. The van der Waals surface area contributed by atoms with Crippen molar-refractivity contribution in [2.24, 2.45) is 11.3 Å². The number of ether oxygens (including phenoxy) is 1. The minimum atomic E-state index is -4.69. The largest absolute Gasteiger partial charge is 0.435 e. The summed E-state index contributed by atoms with van der Waals surface area (Å²) in [6.45, 7) is 7.32. The second-order valence-corrected chi connectivity index (χ2v) is 13.6. The number of rotatable bonds is 9. The maximum atomic E-state index is 13.5. The van der Waals surface area contributed by atoms with Crippen molar-refractivity contribution in [3.63, 3.8) is 0 Å². The molecule has 2 aromatic carbocycles. The zero-order valence-electron chi connectivity index (χ0n) is 25.4. The number of carbonyl (C=O) groups is 2. The SMILES string of the molecule is Cc1ccc(-c2cc(C(F)(F)F)nn2-c2ccc(S(=O)(=O)NC(=O)C3CCN(n4on4OCOC(=O)C(C)(C)C)CC3)cc2)cc1. The minimum absolute atomic E-state index is 0.175. The first-order valence-electron chi connectivity index (χ1n) is 14.3. The fraction of sp³-hybridized carbons (Fsp3) is 0.414. The van der Waals surface area contributed by atoms with Crippen LogP contribution in [-0.2, 0) is 30.5 Å². The molecule has 0 radical (unpaired) electrons. The number of nitrogens with zero attached hydrogens (tertiary/aromatic N) is 5. The number of hydrogen-bond donors (Lipinski definition) is 1. The van der Waals surface area contributed by atoms with Gasteiger partial charge in [-0.3, -0.25) is 14.6 Å². The summed E-state index contributed by atoms with van der Waals surface area (Å²) in [5, 5.41) is 6.48. The van der Waals surface area contributed by atoms with Crippen molar-refractivity contribution >= 4 is 21.9 Å². The average molecular weight is 667 g/mol. The summed E-state index contributed by atoms with van der Waals surface area (Å²) in [7, 11) is -4.27. The van der Waals surface area contributed by atoms with Crippen molar-refractivity contribution in [1.29, 1.82) is 0 Å². The predicted octanol–water partition coefficient (Wildman–Crippen LogP) is 3.89. The highest BCUT2D eigenvalue weighted by atomic mass is 32.2. The van der Waals surface area contributed by atoms with Crippen LogP contribution in [0.25, 0.3) is 16.9 Å². The molecular formula is C29H33F3N6O7S. The lowest BCUT2D eigenvalue weighted by Crippen LogP contribution is -2.45. The van der Waals surface area contributed by atoms with Gasteiger partial charge in [0.05, 0.1) is 21.7 Å². The number of carbonyl (C=O) groups excluding carboxylic acids is 2. The lowest BCUT2D eigenvalue weighted by Gasteiger charge is -2.28. The molecule has 0 saturated carbocycles. The standard InChI is InChI=1S/C29H33F3N6O7S/c1-19-5-7-20(8-6-19)24-17-25(29(30,31)32)33-36(24)22-9-11-23(12-10-22)46(41,42)34-26(39)21-13-15-35(16-14-21)37-38(45-37)44-18-43-27(40)28(2,3)4/h5-12,17,21H,13-16,18H2,1-4H3,(H,34,39). The van der Waals surface area contributed by atoms with Gasteiger partial charge in [-0.2, -0.15) is 22.9 Å². The molecule has 1 amide bonds. The van der Waals surface area contributed by atoms with Crippen LogP contribution in [0.15, 0.2) is 64.1 Å². The number of alkyl halides is 3.